The third-order valence-electron chi connectivity index (χ3n) is 6.11. The molecular formula is C22H19I2N9O2. The van der Waals surface area contributed by atoms with E-state index in [1.807, 2.05) is 36.8 Å². The Morgan fingerprint density at radius 1 is 1.29 bits per heavy atom. The van der Waals surface area contributed by atoms with Crippen molar-refractivity contribution < 1.29 is 9.21 Å². The van der Waals surface area contributed by atoms with Crippen LogP contribution >= 0.6 is 45.2 Å². The molecule has 6 rings (SSSR count). The van der Waals surface area contributed by atoms with Crippen LogP contribution in [0.4, 0.5) is 0 Å². The number of aromatic nitrogens is 8. The summed E-state index contributed by atoms with van der Waals surface area (Å²) in [5.74, 6) is -0.168. The van der Waals surface area contributed by atoms with Gasteiger partial charge in [-0.25, -0.2) is 9.50 Å². The fourth-order valence-corrected chi connectivity index (χ4v) is 5.57. The second kappa shape index (κ2) is 8.69. The number of imidazole rings is 1. The van der Waals surface area contributed by atoms with Crippen molar-refractivity contribution in [3.63, 3.8) is 0 Å². The van der Waals surface area contributed by atoms with Crippen molar-refractivity contribution in [2.45, 2.75) is 21.3 Å². The number of hydrogen-bond donors (Lipinski definition) is 1. The molecule has 1 aliphatic heterocycles. The zero-order valence-electron chi connectivity index (χ0n) is 18.7. The van der Waals surface area contributed by atoms with Gasteiger partial charge in [-0.1, -0.05) is 51.2 Å². The molecule has 5 aromatic heterocycles. The minimum absolute atomic E-state index is 0.0729. The van der Waals surface area contributed by atoms with Gasteiger partial charge in [-0.3, -0.25) is 9.48 Å². The second-order valence-electron chi connectivity index (χ2n) is 8.29. The summed E-state index contributed by atoms with van der Waals surface area (Å²) in [7, 11) is 1.82. The Morgan fingerprint density at radius 3 is 2.91 bits per heavy atom. The lowest BCUT2D eigenvalue weighted by Crippen LogP contribution is -2.41. The first-order valence-electron chi connectivity index (χ1n) is 10.8. The molecule has 11 nitrogen and oxygen atoms in total. The maximum Gasteiger partial charge on any atom is 0.312 e. The molecule has 0 aliphatic carbocycles. The van der Waals surface area contributed by atoms with Gasteiger partial charge in [0.15, 0.2) is 0 Å². The van der Waals surface area contributed by atoms with Gasteiger partial charge in [0.05, 0.1) is 36.4 Å². The van der Waals surface area contributed by atoms with E-state index in [2.05, 4.69) is 76.5 Å². The van der Waals surface area contributed by atoms with Crippen LogP contribution in [0.25, 0.3) is 17.0 Å². The van der Waals surface area contributed by atoms with Crippen molar-refractivity contribution in [3.8, 4) is 11.5 Å². The molecule has 0 bridgehead atoms. The molecule has 0 saturated carbocycles. The number of aromatic amines is 1. The summed E-state index contributed by atoms with van der Waals surface area (Å²) in [6.45, 7) is 2.32. The summed E-state index contributed by atoms with van der Waals surface area (Å²) in [5, 5.41) is 17.3. The van der Waals surface area contributed by atoms with E-state index < -0.39 is 6.04 Å². The number of amides is 1. The normalized spacial score (nSPS) is 15.8. The Hall–Kier alpha value is -2.82. The lowest BCUT2D eigenvalue weighted by molar-refractivity contribution is 0.0646. The minimum Gasteiger partial charge on any atom is -0.412 e. The summed E-state index contributed by atoms with van der Waals surface area (Å²) < 4.78 is 9.62. The monoisotopic (exact) mass is 695 g/mol. The average molecular weight is 695 g/mol. The highest BCUT2D eigenvalue weighted by Crippen LogP contribution is 2.37. The number of rotatable bonds is 4. The van der Waals surface area contributed by atoms with Crippen LogP contribution in [0.3, 0.4) is 0 Å². The van der Waals surface area contributed by atoms with Gasteiger partial charge in [-0.15, -0.1) is 10.2 Å². The van der Waals surface area contributed by atoms with Crippen LogP contribution in [0.1, 0.15) is 47.0 Å². The maximum absolute atomic E-state index is 13.7. The molecule has 13 heteroatoms. The molecule has 6 heterocycles. The molecule has 0 spiro atoms. The highest BCUT2D eigenvalue weighted by atomic mass is 127. The van der Waals surface area contributed by atoms with E-state index in [0.717, 1.165) is 33.9 Å². The molecule has 0 saturated heterocycles. The van der Waals surface area contributed by atoms with Crippen molar-refractivity contribution >= 4 is 56.6 Å². The Labute approximate surface area is 226 Å². The highest BCUT2D eigenvalue weighted by Gasteiger charge is 2.38. The topological polar surface area (TPSA) is 123 Å². The number of H-pyrrole nitrogens is 1. The van der Waals surface area contributed by atoms with Crippen LogP contribution in [0.2, 0.25) is 0 Å². The summed E-state index contributed by atoms with van der Waals surface area (Å²) in [6, 6.07) is 5.62. The minimum atomic E-state index is -0.484. The molecular weight excluding hydrogens is 676 g/mol. The number of halogens is 2. The fourth-order valence-electron chi connectivity index (χ4n) is 4.52. The molecule has 1 aliphatic rings. The maximum atomic E-state index is 13.7. The third kappa shape index (κ3) is 3.84. The van der Waals surface area contributed by atoms with Crippen LogP contribution in [0.5, 0.6) is 0 Å². The third-order valence-corrected chi connectivity index (χ3v) is 7.45. The SMILES string of the molecule is Cc1nn(C)cc1-c1nnc(C(=O)N2CCc3[nH]cnc3[C@@H]2c2cc3c(C(I)I)cccn3n2)o1. The lowest BCUT2D eigenvalue weighted by atomic mass is 9.99. The molecule has 1 N–H and O–H groups in total. The number of hydrogen-bond acceptors (Lipinski definition) is 7. The van der Waals surface area contributed by atoms with Crippen LogP contribution < -0.4 is 0 Å². The number of fused-ring (bicyclic) bond motifs is 2. The van der Waals surface area contributed by atoms with Gasteiger partial charge >= 0.3 is 11.8 Å². The van der Waals surface area contributed by atoms with E-state index in [0.29, 0.717) is 18.5 Å². The van der Waals surface area contributed by atoms with E-state index in [9.17, 15) is 4.79 Å². The summed E-state index contributed by atoms with van der Waals surface area (Å²) >= 11 is 4.77. The van der Waals surface area contributed by atoms with E-state index in [-0.39, 0.29) is 19.6 Å². The van der Waals surface area contributed by atoms with Gasteiger partial charge in [-0.2, -0.15) is 10.2 Å². The standard InChI is InChI=1S/C22H19I2N9O2/c1-11-13(9-31(2)29-11)20-27-28-21(35-20)22(34)32-7-5-14-17(26-10-25-14)18(32)15-8-16-12(19(23)24)4-3-6-33(16)30-15/h3-4,6,8-10,18-19H,5,7H2,1-2H3,(H,25,26)/t18-/m0/s1. The quantitative estimate of drug-likeness (QED) is 0.224. The van der Waals surface area contributed by atoms with Crippen molar-refractivity contribution in [1.82, 2.24) is 44.5 Å². The molecule has 35 heavy (non-hydrogen) atoms. The first-order valence-corrected chi connectivity index (χ1v) is 13.3. The molecule has 0 aromatic carbocycles. The molecule has 0 unspecified atom stereocenters. The Morgan fingerprint density at radius 2 is 2.14 bits per heavy atom. The number of nitrogens with one attached hydrogen (secondary N) is 1. The Kier molecular flexibility index (Phi) is 5.62. The van der Waals surface area contributed by atoms with E-state index in [1.165, 1.54) is 0 Å². The number of alkyl halides is 2. The fraction of sp³-hybridized carbons (Fsp3) is 0.273. The number of carbonyl (C=O) groups excluding carboxylic acids is 1. The molecule has 1 amide bonds. The average Bonchev–Trinajstić information content (AvgIpc) is 3.62. The number of carbonyl (C=O) groups is 1. The van der Waals surface area contributed by atoms with Gasteiger partial charge < -0.3 is 14.3 Å². The predicted octanol–water partition coefficient (Wildman–Crippen LogP) is 3.81. The van der Waals surface area contributed by atoms with Gasteiger partial charge in [-0.05, 0) is 19.1 Å². The summed E-state index contributed by atoms with van der Waals surface area (Å²) in [4.78, 5) is 23.1. The van der Waals surface area contributed by atoms with Crippen molar-refractivity contribution in [3.05, 3.63) is 71.1 Å². The lowest BCUT2D eigenvalue weighted by Gasteiger charge is -2.32. The molecule has 1 atom stereocenters. The zero-order chi connectivity index (χ0) is 24.3. The second-order valence-corrected chi connectivity index (χ2v) is 13.2. The van der Waals surface area contributed by atoms with Gasteiger partial charge in [0.25, 0.3) is 5.89 Å². The smallest absolute Gasteiger partial charge is 0.312 e. The molecule has 5 aromatic rings. The van der Waals surface area contributed by atoms with Gasteiger partial charge in [0, 0.05) is 43.7 Å². The zero-order valence-corrected chi connectivity index (χ0v) is 23.0. The summed E-state index contributed by atoms with van der Waals surface area (Å²) in [5.41, 5.74) is 6.11. The Bertz CT molecular complexity index is 1560. The number of pyridine rings is 1. The predicted molar refractivity (Wildman–Crippen MR) is 142 cm³/mol. The van der Waals surface area contributed by atoms with Crippen LogP contribution in [0.15, 0.2) is 41.3 Å². The Balaban J connectivity index is 1.41. The van der Waals surface area contributed by atoms with Crippen molar-refractivity contribution in [1.29, 1.82) is 0 Å². The largest absolute Gasteiger partial charge is 0.412 e. The van der Waals surface area contributed by atoms with E-state index >= 15 is 0 Å². The van der Waals surface area contributed by atoms with Gasteiger partial charge in [0.2, 0.25) is 0 Å². The van der Waals surface area contributed by atoms with E-state index in [4.69, 9.17) is 9.52 Å². The van der Waals surface area contributed by atoms with Crippen LogP contribution in [-0.4, -0.2) is 56.9 Å². The van der Waals surface area contributed by atoms with Crippen LogP contribution in [-0.2, 0) is 13.5 Å². The molecule has 0 radical (unpaired) electrons. The van der Waals surface area contributed by atoms with Crippen molar-refractivity contribution in [2.75, 3.05) is 6.54 Å². The highest BCUT2D eigenvalue weighted by molar-refractivity contribution is 14.2. The number of nitrogens with zero attached hydrogens (tertiary/aromatic N) is 8. The first kappa shape index (κ1) is 22.6. The number of aryl methyl sites for hydroxylation is 2. The van der Waals surface area contributed by atoms with E-state index in [1.54, 1.807) is 22.1 Å². The van der Waals surface area contributed by atoms with Crippen molar-refractivity contribution in [2.24, 2.45) is 7.05 Å². The van der Waals surface area contributed by atoms with Gasteiger partial charge in [0.1, 0.15) is 6.04 Å². The first-order chi connectivity index (χ1) is 16.9. The summed E-state index contributed by atoms with van der Waals surface area (Å²) in [6.07, 6.45) is 6.01. The van der Waals surface area contributed by atoms with Crippen LogP contribution in [0, 0.1) is 6.92 Å². The molecule has 178 valence electrons. The molecule has 0 fully saturated rings.